The second-order valence-corrected chi connectivity index (χ2v) is 8.38. The molecule has 0 aliphatic carbocycles. The van der Waals surface area contributed by atoms with Crippen LogP contribution in [0.2, 0.25) is 0 Å². The molecule has 0 aliphatic heterocycles. The quantitative estimate of drug-likeness (QED) is 0.676. The normalized spacial score (nSPS) is 13.7. The van der Waals surface area contributed by atoms with Crippen LogP contribution in [0.3, 0.4) is 0 Å². The van der Waals surface area contributed by atoms with Crippen LogP contribution in [0.5, 0.6) is 0 Å². The van der Waals surface area contributed by atoms with Gasteiger partial charge in [-0.3, -0.25) is 4.79 Å². The molecule has 2 N–H and O–H groups in total. The topological polar surface area (TPSA) is 49.8 Å². The molecule has 3 rings (SSSR count). The third-order valence-corrected chi connectivity index (χ3v) is 6.30. The molecule has 0 spiro atoms. The fraction of sp³-hybridized carbons (Fsp3) is 0.364. The maximum absolute atomic E-state index is 12.8. The smallest absolute Gasteiger partial charge is 0.278 e. The van der Waals surface area contributed by atoms with Gasteiger partial charge in [-0.15, -0.1) is 11.3 Å². The van der Waals surface area contributed by atoms with Crippen molar-refractivity contribution in [3.05, 3.63) is 65.2 Å². The number of rotatable bonds is 7. The molecule has 0 radical (unpaired) electrons. The van der Waals surface area contributed by atoms with Crippen molar-refractivity contribution in [1.82, 2.24) is 9.88 Å². The third kappa shape index (κ3) is 4.54. The first kappa shape index (κ1) is 19.5. The molecule has 1 heterocycles. The van der Waals surface area contributed by atoms with E-state index in [2.05, 4.69) is 49.5 Å². The van der Waals surface area contributed by atoms with Crippen LogP contribution in [-0.4, -0.2) is 29.4 Å². The molecule has 0 saturated carbocycles. The van der Waals surface area contributed by atoms with Crippen LogP contribution in [0.25, 0.3) is 10.2 Å². The molecule has 3 aromatic rings. The Balaban J connectivity index is 1.65. The summed E-state index contributed by atoms with van der Waals surface area (Å²) in [5.74, 6) is 0.579. The summed E-state index contributed by atoms with van der Waals surface area (Å²) in [5, 5.41) is 3.14. The zero-order valence-corrected chi connectivity index (χ0v) is 17.2. The average Bonchev–Trinajstić information content (AvgIpc) is 3.11. The summed E-state index contributed by atoms with van der Waals surface area (Å²) in [6.07, 6.45) is 0. The number of nitrogens with zero attached hydrogens (tertiary/aromatic N) is 2. The Morgan fingerprint density at radius 3 is 2.41 bits per heavy atom. The molecule has 2 aromatic carbocycles. The zero-order chi connectivity index (χ0) is 19.4. The van der Waals surface area contributed by atoms with Gasteiger partial charge in [0.15, 0.2) is 6.54 Å². The van der Waals surface area contributed by atoms with Crippen LogP contribution >= 0.6 is 11.3 Å². The van der Waals surface area contributed by atoms with E-state index in [-0.39, 0.29) is 18.0 Å². The third-order valence-electron chi connectivity index (χ3n) is 5.09. The molecule has 0 bridgehead atoms. The largest absolute Gasteiger partial charge is 0.332 e. The van der Waals surface area contributed by atoms with Gasteiger partial charge in [0, 0.05) is 18.5 Å². The predicted molar refractivity (Wildman–Crippen MR) is 112 cm³/mol. The van der Waals surface area contributed by atoms with Gasteiger partial charge in [0.25, 0.3) is 5.91 Å². The molecule has 5 heteroatoms. The van der Waals surface area contributed by atoms with E-state index < -0.39 is 0 Å². The minimum Gasteiger partial charge on any atom is -0.332 e. The number of quaternary nitrogens is 1. The average molecular weight is 383 g/mol. The van der Waals surface area contributed by atoms with Gasteiger partial charge in [-0.25, -0.2) is 4.98 Å². The van der Waals surface area contributed by atoms with Crippen molar-refractivity contribution >= 4 is 27.5 Å². The first-order valence-electron chi connectivity index (χ1n) is 9.46. The van der Waals surface area contributed by atoms with Crippen molar-refractivity contribution < 1.29 is 10.1 Å². The predicted octanol–water partition coefficient (Wildman–Crippen LogP) is 3.78. The maximum Gasteiger partial charge on any atom is 0.278 e. The number of thiazole rings is 1. The first-order chi connectivity index (χ1) is 13.0. The van der Waals surface area contributed by atoms with Gasteiger partial charge in [0.2, 0.25) is 0 Å². The lowest BCUT2D eigenvalue weighted by Crippen LogP contribution is -2.88. The van der Waals surface area contributed by atoms with E-state index in [0.717, 1.165) is 15.2 Å². The summed E-state index contributed by atoms with van der Waals surface area (Å²) in [6.45, 7) is 6.88. The van der Waals surface area contributed by atoms with Crippen LogP contribution in [0.1, 0.15) is 43.4 Å². The van der Waals surface area contributed by atoms with Crippen molar-refractivity contribution in [2.75, 3.05) is 13.6 Å². The fourth-order valence-corrected chi connectivity index (χ4v) is 4.35. The van der Waals surface area contributed by atoms with Crippen LogP contribution in [0.15, 0.2) is 54.6 Å². The number of fused-ring (bicyclic) bond motifs is 1. The Hall–Kier alpha value is -2.24. The Bertz CT molecular complexity index is 858. The highest BCUT2D eigenvalue weighted by Crippen LogP contribution is 2.28. The minimum atomic E-state index is -0.0301. The monoisotopic (exact) mass is 382 g/mol. The molecule has 142 valence electrons. The van der Waals surface area contributed by atoms with Crippen molar-refractivity contribution in [2.45, 2.75) is 32.9 Å². The van der Waals surface area contributed by atoms with Crippen LogP contribution in [-0.2, 0) is 4.79 Å². The summed E-state index contributed by atoms with van der Waals surface area (Å²) >= 11 is 1.66. The molecular weight excluding hydrogens is 354 g/mol. The number of hydrogen-bond acceptors (Lipinski definition) is 3. The van der Waals surface area contributed by atoms with Gasteiger partial charge in [-0.2, -0.15) is 0 Å². The second kappa shape index (κ2) is 8.63. The second-order valence-electron chi connectivity index (χ2n) is 7.32. The van der Waals surface area contributed by atoms with Crippen molar-refractivity contribution in [3.8, 4) is 0 Å². The lowest BCUT2D eigenvalue weighted by molar-refractivity contribution is -0.692. The van der Waals surface area contributed by atoms with Crippen molar-refractivity contribution in [2.24, 2.45) is 5.92 Å². The molecule has 1 aromatic heterocycles. The van der Waals surface area contributed by atoms with Crippen LogP contribution in [0.4, 0.5) is 0 Å². The van der Waals surface area contributed by atoms with Gasteiger partial charge >= 0.3 is 0 Å². The fourth-order valence-electron chi connectivity index (χ4n) is 3.29. The number of nitrogens with two attached hydrogens (primary N) is 1. The van der Waals surface area contributed by atoms with E-state index in [0.29, 0.717) is 12.5 Å². The number of benzene rings is 2. The molecule has 0 fully saturated rings. The molecule has 1 amide bonds. The summed E-state index contributed by atoms with van der Waals surface area (Å²) in [5.41, 5.74) is 2.27. The highest BCUT2D eigenvalue weighted by Gasteiger charge is 2.25. The summed E-state index contributed by atoms with van der Waals surface area (Å²) in [7, 11) is 1.87. The molecule has 0 saturated heterocycles. The molecule has 2 atom stereocenters. The Labute approximate surface area is 165 Å². The van der Waals surface area contributed by atoms with Crippen LogP contribution in [0, 0.1) is 5.92 Å². The number of hydrogen-bond donors (Lipinski definition) is 1. The number of amides is 1. The lowest BCUT2D eigenvalue weighted by Gasteiger charge is -2.25. The van der Waals surface area contributed by atoms with E-state index >= 15 is 0 Å². The number of aromatic nitrogens is 1. The van der Waals surface area contributed by atoms with Crippen LogP contribution < -0.4 is 5.32 Å². The van der Waals surface area contributed by atoms with Crippen molar-refractivity contribution in [1.29, 1.82) is 0 Å². The van der Waals surface area contributed by atoms with E-state index in [4.69, 9.17) is 4.98 Å². The van der Waals surface area contributed by atoms with E-state index in [1.807, 2.05) is 43.1 Å². The maximum atomic E-state index is 12.8. The number of carbonyl (C=O) groups excluding carboxylic acids is 1. The zero-order valence-electron chi connectivity index (χ0n) is 16.4. The molecule has 4 nitrogen and oxygen atoms in total. The summed E-state index contributed by atoms with van der Waals surface area (Å²) in [6, 6.07) is 18.8. The minimum absolute atomic E-state index is 0.0301. The Morgan fingerprint density at radius 2 is 1.74 bits per heavy atom. The molecule has 0 aliphatic rings. The molecule has 27 heavy (non-hydrogen) atoms. The van der Waals surface area contributed by atoms with E-state index in [9.17, 15) is 4.79 Å². The van der Waals surface area contributed by atoms with E-state index in [1.54, 1.807) is 11.3 Å². The number of para-hydroxylation sites is 1. The lowest BCUT2D eigenvalue weighted by atomic mass is 9.96. The van der Waals surface area contributed by atoms with Gasteiger partial charge in [0.1, 0.15) is 11.0 Å². The highest BCUT2D eigenvalue weighted by atomic mass is 32.1. The standard InChI is InChI=1S/C22H27N3OS/c1-15(2)21(17-10-6-5-7-11-17)23-14-20(26)25(4)16(3)22-24-18-12-8-9-13-19(18)27-22/h5-13,15-16,21,23H,14H2,1-4H3/p+1/t16-,21-/m0/s1. The number of likely N-dealkylation sites (N-methyl/N-ethyl adjacent to an activating group) is 1. The SMILES string of the molecule is CC(C)[C@H]([NH2+]CC(=O)N(C)[C@@H](C)c1nc2ccccc2s1)c1ccccc1. The van der Waals surface area contributed by atoms with Gasteiger partial charge in [0.05, 0.1) is 16.3 Å². The molecule has 0 unspecified atom stereocenters. The summed E-state index contributed by atoms with van der Waals surface area (Å²) < 4.78 is 1.16. The van der Waals surface area contributed by atoms with Crippen molar-refractivity contribution in [3.63, 3.8) is 0 Å². The summed E-state index contributed by atoms with van der Waals surface area (Å²) in [4.78, 5) is 19.3. The molecular formula is C22H28N3OS+. The highest BCUT2D eigenvalue weighted by molar-refractivity contribution is 7.18. The number of carbonyl (C=O) groups is 1. The Kier molecular flexibility index (Phi) is 6.24. The van der Waals surface area contributed by atoms with Gasteiger partial charge in [-0.05, 0) is 19.1 Å². The van der Waals surface area contributed by atoms with Gasteiger partial charge < -0.3 is 10.2 Å². The first-order valence-corrected chi connectivity index (χ1v) is 10.3. The Morgan fingerprint density at radius 1 is 1.07 bits per heavy atom. The van der Waals surface area contributed by atoms with E-state index in [1.165, 1.54) is 5.56 Å². The van der Waals surface area contributed by atoms with Gasteiger partial charge in [-0.1, -0.05) is 56.3 Å².